The Hall–Kier alpha value is -3.02. The molecule has 4 rings (SSSR count). The molecule has 0 bridgehead atoms. The molecule has 0 spiro atoms. The molecule has 6 nitrogen and oxygen atoms in total. The third-order valence-electron chi connectivity index (χ3n) is 5.38. The summed E-state index contributed by atoms with van der Waals surface area (Å²) in [6.07, 6.45) is 5.23. The molecule has 6 heteroatoms. The Morgan fingerprint density at radius 3 is 2.93 bits per heavy atom. The Morgan fingerprint density at radius 1 is 1.24 bits per heavy atom. The molecule has 1 fully saturated rings. The average molecular weight is 392 g/mol. The van der Waals surface area contributed by atoms with Gasteiger partial charge in [0, 0.05) is 44.2 Å². The third kappa shape index (κ3) is 4.53. The smallest absolute Gasteiger partial charge is 0.194 e. The summed E-state index contributed by atoms with van der Waals surface area (Å²) in [7, 11) is 1.97. The molecule has 1 aliphatic heterocycles. The fraction of sp³-hybridized carbons (Fsp3) is 0.391. The van der Waals surface area contributed by atoms with Crippen LogP contribution in [0.15, 0.2) is 59.9 Å². The van der Waals surface area contributed by atoms with Crippen LogP contribution in [0.2, 0.25) is 0 Å². The first-order valence-corrected chi connectivity index (χ1v) is 10.4. The highest BCUT2D eigenvalue weighted by atomic mass is 16.5. The van der Waals surface area contributed by atoms with Gasteiger partial charge in [0.25, 0.3) is 0 Å². The van der Waals surface area contributed by atoms with Crippen molar-refractivity contribution < 1.29 is 4.74 Å². The number of hydrogen-bond acceptors (Lipinski definition) is 3. The van der Waals surface area contributed by atoms with E-state index in [0.717, 1.165) is 43.2 Å². The van der Waals surface area contributed by atoms with Crippen LogP contribution < -0.4 is 10.1 Å². The van der Waals surface area contributed by atoms with Crippen molar-refractivity contribution in [1.29, 1.82) is 0 Å². The maximum atomic E-state index is 6.04. The Labute approximate surface area is 172 Å². The van der Waals surface area contributed by atoms with E-state index in [2.05, 4.69) is 46.6 Å². The van der Waals surface area contributed by atoms with Crippen LogP contribution in [-0.4, -0.2) is 53.4 Å². The molecular weight excluding hydrogens is 362 g/mol. The van der Waals surface area contributed by atoms with Crippen LogP contribution in [0.3, 0.4) is 0 Å². The van der Waals surface area contributed by atoms with E-state index in [9.17, 15) is 0 Å². The summed E-state index contributed by atoms with van der Waals surface area (Å²) in [6.45, 7) is 6.13. The molecule has 0 saturated carbocycles. The second-order valence-electron chi connectivity index (χ2n) is 7.44. The summed E-state index contributed by atoms with van der Waals surface area (Å²) in [5.41, 5.74) is 1.31. The van der Waals surface area contributed by atoms with Crippen molar-refractivity contribution in [3.63, 3.8) is 0 Å². The van der Waals surface area contributed by atoms with Crippen molar-refractivity contribution in [3.8, 4) is 5.75 Å². The van der Waals surface area contributed by atoms with E-state index < -0.39 is 0 Å². The normalized spacial score (nSPS) is 17.1. The highest BCUT2D eigenvalue weighted by molar-refractivity contribution is 5.88. The molecule has 1 aromatic heterocycles. The minimum Gasteiger partial charge on any atom is -0.491 e. The first kappa shape index (κ1) is 19.3. The SMILES string of the molecule is CCNC(=NCCOc1cccc2ccccc12)N1CCC(c2cnn(C)c2)C1. The number of fused-ring (bicyclic) bond motifs is 1. The lowest BCUT2D eigenvalue weighted by Gasteiger charge is -2.21. The monoisotopic (exact) mass is 391 g/mol. The van der Waals surface area contributed by atoms with Crippen LogP contribution in [-0.2, 0) is 7.05 Å². The molecule has 152 valence electrons. The van der Waals surface area contributed by atoms with Crippen molar-refractivity contribution in [3.05, 3.63) is 60.4 Å². The lowest BCUT2D eigenvalue weighted by molar-refractivity contribution is 0.331. The summed E-state index contributed by atoms with van der Waals surface area (Å²) >= 11 is 0. The number of nitrogens with one attached hydrogen (secondary N) is 1. The van der Waals surface area contributed by atoms with Crippen molar-refractivity contribution in [2.24, 2.45) is 12.0 Å². The van der Waals surface area contributed by atoms with Crippen LogP contribution in [0.4, 0.5) is 0 Å². The summed E-state index contributed by atoms with van der Waals surface area (Å²) in [5.74, 6) is 2.40. The third-order valence-corrected chi connectivity index (χ3v) is 5.38. The first-order chi connectivity index (χ1) is 14.2. The number of aromatic nitrogens is 2. The number of ether oxygens (including phenoxy) is 1. The molecule has 1 atom stereocenters. The lowest BCUT2D eigenvalue weighted by atomic mass is 10.0. The number of aryl methyl sites for hydroxylation is 1. The number of benzene rings is 2. The van der Waals surface area contributed by atoms with E-state index in [1.54, 1.807) is 0 Å². The molecule has 29 heavy (non-hydrogen) atoms. The Bertz CT molecular complexity index is 975. The van der Waals surface area contributed by atoms with Gasteiger partial charge in [0.1, 0.15) is 12.4 Å². The summed E-state index contributed by atoms with van der Waals surface area (Å²) in [5, 5.41) is 10.1. The molecule has 1 aliphatic rings. The second kappa shape index (κ2) is 8.99. The van der Waals surface area contributed by atoms with Gasteiger partial charge in [0.2, 0.25) is 0 Å². The fourth-order valence-electron chi connectivity index (χ4n) is 3.93. The Morgan fingerprint density at radius 2 is 2.10 bits per heavy atom. The van der Waals surface area contributed by atoms with E-state index in [-0.39, 0.29) is 0 Å². The van der Waals surface area contributed by atoms with Gasteiger partial charge in [-0.05, 0) is 30.4 Å². The molecular formula is C23H29N5O. The Kier molecular flexibility index (Phi) is 5.98. The summed E-state index contributed by atoms with van der Waals surface area (Å²) in [6, 6.07) is 14.5. The highest BCUT2D eigenvalue weighted by Gasteiger charge is 2.26. The topological polar surface area (TPSA) is 54.7 Å². The molecule has 0 radical (unpaired) electrons. The van der Waals surface area contributed by atoms with Gasteiger partial charge in [0.15, 0.2) is 5.96 Å². The predicted molar refractivity (Wildman–Crippen MR) is 118 cm³/mol. The lowest BCUT2D eigenvalue weighted by Crippen LogP contribution is -2.40. The fourth-order valence-corrected chi connectivity index (χ4v) is 3.93. The summed E-state index contributed by atoms with van der Waals surface area (Å²) < 4.78 is 7.92. The van der Waals surface area contributed by atoms with Gasteiger partial charge in [-0.15, -0.1) is 0 Å². The quantitative estimate of drug-likeness (QED) is 0.397. The van der Waals surface area contributed by atoms with Gasteiger partial charge in [0.05, 0.1) is 12.7 Å². The number of hydrogen-bond donors (Lipinski definition) is 1. The van der Waals surface area contributed by atoms with Crippen LogP contribution in [0, 0.1) is 0 Å². The zero-order valence-corrected chi connectivity index (χ0v) is 17.2. The van der Waals surface area contributed by atoms with Gasteiger partial charge in [-0.25, -0.2) is 4.99 Å². The zero-order chi connectivity index (χ0) is 20.1. The van der Waals surface area contributed by atoms with Crippen molar-refractivity contribution >= 4 is 16.7 Å². The Balaban J connectivity index is 1.36. The number of likely N-dealkylation sites (tertiary alicyclic amines) is 1. The molecule has 3 aromatic rings. The van der Waals surface area contributed by atoms with Crippen molar-refractivity contribution in [1.82, 2.24) is 20.0 Å². The van der Waals surface area contributed by atoms with Crippen molar-refractivity contribution in [2.75, 3.05) is 32.8 Å². The van der Waals surface area contributed by atoms with Crippen LogP contribution in [0.5, 0.6) is 5.75 Å². The van der Waals surface area contributed by atoms with E-state index >= 15 is 0 Å². The molecule has 0 aliphatic carbocycles. The van der Waals surface area contributed by atoms with Crippen LogP contribution in [0.25, 0.3) is 10.8 Å². The maximum absolute atomic E-state index is 6.04. The molecule has 0 amide bonds. The largest absolute Gasteiger partial charge is 0.491 e. The van der Waals surface area contributed by atoms with Gasteiger partial charge >= 0.3 is 0 Å². The zero-order valence-electron chi connectivity index (χ0n) is 17.2. The first-order valence-electron chi connectivity index (χ1n) is 10.4. The van der Waals surface area contributed by atoms with Crippen LogP contribution >= 0.6 is 0 Å². The minimum atomic E-state index is 0.513. The van der Waals surface area contributed by atoms with Crippen LogP contribution in [0.1, 0.15) is 24.8 Å². The molecule has 2 aromatic carbocycles. The molecule has 1 unspecified atom stereocenters. The molecule has 2 heterocycles. The highest BCUT2D eigenvalue weighted by Crippen LogP contribution is 2.27. The van der Waals surface area contributed by atoms with E-state index in [0.29, 0.717) is 19.1 Å². The van der Waals surface area contributed by atoms with Gasteiger partial charge in [-0.3, -0.25) is 4.68 Å². The number of nitrogens with zero attached hydrogens (tertiary/aromatic N) is 4. The molecule has 1 N–H and O–H groups in total. The number of rotatable bonds is 6. The molecule has 1 saturated heterocycles. The van der Waals surface area contributed by atoms with E-state index in [1.165, 1.54) is 10.9 Å². The van der Waals surface area contributed by atoms with Gasteiger partial charge in [-0.2, -0.15) is 5.10 Å². The van der Waals surface area contributed by atoms with Gasteiger partial charge in [-0.1, -0.05) is 36.4 Å². The predicted octanol–water partition coefficient (Wildman–Crippen LogP) is 3.41. The number of guanidine groups is 1. The number of aliphatic imine (C=N–C) groups is 1. The van der Waals surface area contributed by atoms with E-state index in [1.807, 2.05) is 42.2 Å². The van der Waals surface area contributed by atoms with E-state index in [4.69, 9.17) is 9.73 Å². The van der Waals surface area contributed by atoms with Gasteiger partial charge < -0.3 is 15.0 Å². The summed E-state index contributed by atoms with van der Waals surface area (Å²) in [4.78, 5) is 7.16. The average Bonchev–Trinajstić information content (AvgIpc) is 3.39. The minimum absolute atomic E-state index is 0.513. The standard InChI is InChI=1S/C23H29N5O/c1-3-24-23(28-13-11-19(17-28)20-15-26-27(2)16-20)25-12-14-29-22-10-6-8-18-7-4-5-9-21(18)22/h4-10,15-16,19H,3,11-14,17H2,1-2H3,(H,24,25). The van der Waals surface area contributed by atoms with Crippen molar-refractivity contribution in [2.45, 2.75) is 19.3 Å². The second-order valence-corrected chi connectivity index (χ2v) is 7.44. The maximum Gasteiger partial charge on any atom is 0.194 e.